The molecule has 1 fully saturated rings. The Kier molecular flexibility index (Phi) is 5.00. The van der Waals surface area contributed by atoms with E-state index in [9.17, 15) is 13.2 Å². The average Bonchev–Trinajstić information content (AvgIpc) is 2.62. The van der Waals surface area contributed by atoms with Crippen LogP contribution in [0.15, 0.2) is 47.5 Å². The summed E-state index contributed by atoms with van der Waals surface area (Å²) in [5.41, 5.74) is 1.40. The number of benzene rings is 1. The zero-order chi connectivity index (χ0) is 17.9. The van der Waals surface area contributed by atoms with Crippen molar-refractivity contribution in [2.45, 2.75) is 4.90 Å². The smallest absolute Gasteiger partial charge is 0.256 e. The van der Waals surface area contributed by atoms with Gasteiger partial charge in [0, 0.05) is 38.0 Å². The minimum Gasteiger partial charge on any atom is -0.368 e. The lowest BCUT2D eigenvalue weighted by Crippen LogP contribution is -2.43. The lowest BCUT2D eigenvalue weighted by Gasteiger charge is -2.29. The third kappa shape index (κ3) is 4.34. The molecule has 1 aromatic heterocycles. The molecule has 1 aromatic carbocycles. The van der Waals surface area contributed by atoms with Gasteiger partial charge in [0.2, 0.25) is 0 Å². The summed E-state index contributed by atoms with van der Waals surface area (Å²) in [7, 11) is -3.27. The third-order valence-corrected chi connectivity index (χ3v) is 5.14. The first-order chi connectivity index (χ1) is 11.9. The van der Waals surface area contributed by atoms with E-state index in [0.29, 0.717) is 11.4 Å². The fourth-order valence-corrected chi connectivity index (χ4v) is 3.24. The van der Waals surface area contributed by atoms with E-state index in [1.165, 1.54) is 24.3 Å². The summed E-state index contributed by atoms with van der Waals surface area (Å²) in [5, 5.41) is 6.01. The zero-order valence-corrected chi connectivity index (χ0v) is 14.7. The van der Waals surface area contributed by atoms with E-state index in [1.54, 1.807) is 12.3 Å². The molecule has 0 bridgehead atoms. The molecular formula is C17H20N4O3S. The van der Waals surface area contributed by atoms with E-state index < -0.39 is 9.84 Å². The maximum absolute atomic E-state index is 12.2. The maximum atomic E-state index is 12.2. The monoisotopic (exact) mass is 360 g/mol. The Morgan fingerprint density at radius 3 is 2.36 bits per heavy atom. The topological polar surface area (TPSA) is 91.4 Å². The van der Waals surface area contributed by atoms with Crippen LogP contribution in [-0.2, 0) is 9.84 Å². The Morgan fingerprint density at radius 2 is 1.80 bits per heavy atom. The van der Waals surface area contributed by atoms with Crippen LogP contribution < -0.4 is 15.5 Å². The minimum absolute atomic E-state index is 0.183. The number of pyridine rings is 1. The standard InChI is InChI=1S/C17H20N4O3S/c1-25(23,24)15-5-2-13(3-6-15)17(22)20-16-7-4-14(12-19-16)21-10-8-18-9-11-21/h2-7,12,18H,8-11H2,1H3,(H,19,20,22). The van der Waals surface area contributed by atoms with Gasteiger partial charge in [-0.25, -0.2) is 13.4 Å². The second kappa shape index (κ2) is 7.20. The van der Waals surface area contributed by atoms with Gasteiger partial charge >= 0.3 is 0 Å². The highest BCUT2D eigenvalue weighted by atomic mass is 32.2. The first-order valence-electron chi connectivity index (χ1n) is 7.97. The lowest BCUT2D eigenvalue weighted by atomic mass is 10.2. The van der Waals surface area contributed by atoms with Gasteiger partial charge < -0.3 is 15.5 Å². The molecule has 0 aliphatic carbocycles. The van der Waals surface area contributed by atoms with Crippen LogP contribution in [0.1, 0.15) is 10.4 Å². The molecule has 1 aliphatic rings. The molecule has 3 rings (SSSR count). The summed E-state index contributed by atoms with van der Waals surface area (Å²) < 4.78 is 22.9. The Labute approximate surface area is 147 Å². The van der Waals surface area contributed by atoms with Gasteiger partial charge in [-0.15, -0.1) is 0 Å². The molecule has 0 spiro atoms. The van der Waals surface area contributed by atoms with Gasteiger partial charge in [0.05, 0.1) is 16.8 Å². The third-order valence-electron chi connectivity index (χ3n) is 4.02. The van der Waals surface area contributed by atoms with Crippen LogP contribution in [0.25, 0.3) is 0 Å². The van der Waals surface area contributed by atoms with Gasteiger partial charge in [-0.05, 0) is 36.4 Å². The van der Waals surface area contributed by atoms with Crippen molar-refractivity contribution in [1.29, 1.82) is 0 Å². The van der Waals surface area contributed by atoms with Crippen LogP contribution in [-0.4, -0.2) is 51.7 Å². The maximum Gasteiger partial charge on any atom is 0.256 e. The summed E-state index contributed by atoms with van der Waals surface area (Å²) in [6.07, 6.45) is 2.87. The second-order valence-electron chi connectivity index (χ2n) is 5.89. The number of sulfone groups is 1. The normalized spacial score (nSPS) is 15.0. The number of amides is 1. The van der Waals surface area contributed by atoms with E-state index in [-0.39, 0.29) is 10.8 Å². The summed E-state index contributed by atoms with van der Waals surface area (Å²) in [6.45, 7) is 3.75. The molecule has 0 unspecified atom stereocenters. The zero-order valence-electron chi connectivity index (χ0n) is 13.9. The lowest BCUT2D eigenvalue weighted by molar-refractivity contribution is 0.102. The van der Waals surface area contributed by atoms with Crippen LogP contribution in [0.5, 0.6) is 0 Å². The number of anilines is 2. The summed E-state index contributed by atoms with van der Waals surface area (Å²) in [4.78, 5) is 18.9. The largest absolute Gasteiger partial charge is 0.368 e. The molecule has 1 amide bonds. The quantitative estimate of drug-likeness (QED) is 0.850. The number of nitrogens with zero attached hydrogens (tertiary/aromatic N) is 2. The molecule has 25 heavy (non-hydrogen) atoms. The molecule has 0 saturated carbocycles. The van der Waals surface area contributed by atoms with Gasteiger partial charge in [0.25, 0.3) is 5.91 Å². The van der Waals surface area contributed by atoms with Gasteiger partial charge in [-0.1, -0.05) is 0 Å². The van der Waals surface area contributed by atoms with E-state index >= 15 is 0 Å². The predicted molar refractivity (Wildman–Crippen MR) is 96.8 cm³/mol. The van der Waals surface area contributed by atoms with Gasteiger partial charge in [-0.3, -0.25) is 4.79 Å². The van der Waals surface area contributed by atoms with Gasteiger partial charge in [0.15, 0.2) is 9.84 Å². The average molecular weight is 360 g/mol. The first-order valence-corrected chi connectivity index (χ1v) is 9.86. The van der Waals surface area contributed by atoms with Crippen molar-refractivity contribution in [2.75, 3.05) is 42.7 Å². The van der Waals surface area contributed by atoms with E-state index in [2.05, 4.69) is 20.5 Å². The Hall–Kier alpha value is -2.45. The summed E-state index contributed by atoms with van der Waals surface area (Å²) >= 11 is 0. The van der Waals surface area contributed by atoms with E-state index in [1.807, 2.05) is 6.07 Å². The summed E-state index contributed by atoms with van der Waals surface area (Å²) in [6, 6.07) is 9.51. The van der Waals surface area contributed by atoms with E-state index in [4.69, 9.17) is 0 Å². The number of rotatable bonds is 4. The number of aromatic nitrogens is 1. The molecule has 8 heteroatoms. The first kappa shape index (κ1) is 17.4. The van der Waals surface area contributed by atoms with Crippen molar-refractivity contribution in [3.8, 4) is 0 Å². The van der Waals surface area contributed by atoms with Crippen LogP contribution in [0.2, 0.25) is 0 Å². The Balaban J connectivity index is 1.66. The molecular weight excluding hydrogens is 340 g/mol. The van der Waals surface area contributed by atoms with Crippen molar-refractivity contribution in [3.63, 3.8) is 0 Å². The minimum atomic E-state index is -3.27. The Bertz CT molecular complexity index is 842. The van der Waals surface area contributed by atoms with Crippen molar-refractivity contribution in [3.05, 3.63) is 48.2 Å². The molecule has 1 aliphatic heterocycles. The summed E-state index contributed by atoms with van der Waals surface area (Å²) in [5.74, 6) is 0.124. The fraction of sp³-hybridized carbons (Fsp3) is 0.294. The van der Waals surface area contributed by atoms with Crippen LogP contribution in [0.4, 0.5) is 11.5 Å². The van der Waals surface area contributed by atoms with Crippen molar-refractivity contribution in [1.82, 2.24) is 10.3 Å². The van der Waals surface area contributed by atoms with E-state index in [0.717, 1.165) is 38.1 Å². The predicted octanol–water partition coefficient (Wildman–Crippen LogP) is 1.15. The van der Waals surface area contributed by atoms with Gasteiger partial charge in [-0.2, -0.15) is 0 Å². The van der Waals surface area contributed by atoms with Gasteiger partial charge in [0.1, 0.15) is 5.82 Å². The Morgan fingerprint density at radius 1 is 1.12 bits per heavy atom. The molecule has 7 nitrogen and oxygen atoms in total. The van der Waals surface area contributed by atoms with Crippen molar-refractivity contribution < 1.29 is 13.2 Å². The van der Waals surface area contributed by atoms with Crippen LogP contribution in [0.3, 0.4) is 0 Å². The molecule has 2 aromatic rings. The molecule has 0 radical (unpaired) electrons. The number of hydrogen-bond acceptors (Lipinski definition) is 6. The number of piperazine rings is 1. The molecule has 2 heterocycles. The fourth-order valence-electron chi connectivity index (χ4n) is 2.61. The van der Waals surface area contributed by atoms with Crippen molar-refractivity contribution >= 4 is 27.2 Å². The highest BCUT2D eigenvalue weighted by Gasteiger charge is 2.12. The second-order valence-corrected chi connectivity index (χ2v) is 7.91. The molecule has 2 N–H and O–H groups in total. The number of carbonyl (C=O) groups excluding carboxylic acids is 1. The van der Waals surface area contributed by atoms with Crippen molar-refractivity contribution in [2.24, 2.45) is 0 Å². The molecule has 0 atom stereocenters. The SMILES string of the molecule is CS(=O)(=O)c1ccc(C(=O)Nc2ccc(N3CCNCC3)cn2)cc1. The van der Waals surface area contributed by atoms with Crippen LogP contribution in [0, 0.1) is 0 Å². The number of hydrogen-bond donors (Lipinski definition) is 2. The number of nitrogens with one attached hydrogen (secondary N) is 2. The highest BCUT2D eigenvalue weighted by Crippen LogP contribution is 2.17. The van der Waals surface area contributed by atoms with Crippen LogP contribution >= 0.6 is 0 Å². The highest BCUT2D eigenvalue weighted by molar-refractivity contribution is 7.90. The molecule has 1 saturated heterocycles. The molecule has 132 valence electrons. The number of carbonyl (C=O) groups is 1.